The molecule has 2 aromatic heterocycles. The van der Waals surface area contributed by atoms with Crippen LogP contribution in [-0.4, -0.2) is 17.0 Å². The van der Waals surface area contributed by atoms with Gasteiger partial charge in [-0.05, 0) is 37.4 Å². The fraction of sp³-hybridized carbons (Fsp3) is 0.273. The molecule has 2 aromatic rings. The highest BCUT2D eigenvalue weighted by Gasteiger charge is 2.04. The molecule has 1 N–H and O–H groups in total. The monoisotopic (exact) mass is 235 g/mol. The number of nitrogens with one attached hydrogen (secondary N) is 1. The van der Waals surface area contributed by atoms with Gasteiger partial charge in [0.25, 0.3) is 5.22 Å². The molecule has 0 aliphatic carbocycles. The number of aromatic nitrogens is 2. The van der Waals surface area contributed by atoms with Crippen molar-refractivity contribution in [2.45, 2.75) is 23.7 Å². The molecule has 0 spiro atoms. The molecule has 5 heteroatoms. The fourth-order valence-corrected chi connectivity index (χ4v) is 1.95. The Kier molecular flexibility index (Phi) is 3.58. The average Bonchev–Trinajstić information content (AvgIpc) is 2.67. The van der Waals surface area contributed by atoms with Gasteiger partial charge in [-0.25, -0.2) is 9.97 Å². The van der Waals surface area contributed by atoms with Crippen LogP contribution in [0.25, 0.3) is 0 Å². The summed E-state index contributed by atoms with van der Waals surface area (Å²) in [6.07, 6.45) is 3.49. The Morgan fingerprint density at radius 3 is 2.88 bits per heavy atom. The first-order valence-electron chi connectivity index (χ1n) is 4.97. The highest BCUT2D eigenvalue weighted by atomic mass is 32.2. The molecule has 0 aliphatic heterocycles. The first-order valence-corrected chi connectivity index (χ1v) is 5.79. The normalized spacial score (nSPS) is 10.6. The van der Waals surface area contributed by atoms with E-state index in [1.54, 1.807) is 6.26 Å². The lowest BCUT2D eigenvalue weighted by molar-refractivity contribution is 0.454. The van der Waals surface area contributed by atoms with Crippen molar-refractivity contribution < 1.29 is 4.42 Å². The summed E-state index contributed by atoms with van der Waals surface area (Å²) in [7, 11) is 1.91. The van der Waals surface area contributed by atoms with Crippen LogP contribution in [-0.2, 0) is 6.54 Å². The lowest BCUT2D eigenvalue weighted by Gasteiger charge is -2.00. The number of rotatable bonds is 4. The summed E-state index contributed by atoms with van der Waals surface area (Å²) in [4.78, 5) is 8.53. The van der Waals surface area contributed by atoms with Gasteiger partial charge in [-0.3, -0.25) is 0 Å². The first-order chi connectivity index (χ1) is 7.78. The highest BCUT2D eigenvalue weighted by molar-refractivity contribution is 7.99. The fourth-order valence-electron chi connectivity index (χ4n) is 1.25. The Bertz CT molecular complexity index is 453. The molecule has 0 bridgehead atoms. The van der Waals surface area contributed by atoms with Crippen LogP contribution in [0.5, 0.6) is 0 Å². The molecular weight excluding hydrogens is 222 g/mol. The molecule has 2 rings (SSSR count). The van der Waals surface area contributed by atoms with Crippen molar-refractivity contribution in [2.24, 2.45) is 0 Å². The van der Waals surface area contributed by atoms with Crippen LogP contribution < -0.4 is 5.32 Å². The number of oxazole rings is 1. The Balaban J connectivity index is 2.05. The third-order valence-electron chi connectivity index (χ3n) is 1.97. The van der Waals surface area contributed by atoms with Gasteiger partial charge >= 0.3 is 0 Å². The highest BCUT2D eigenvalue weighted by Crippen LogP contribution is 2.24. The van der Waals surface area contributed by atoms with E-state index in [1.807, 2.05) is 32.3 Å². The molecule has 0 aliphatic rings. The largest absolute Gasteiger partial charge is 0.439 e. The number of hydrogen-bond acceptors (Lipinski definition) is 5. The maximum Gasteiger partial charge on any atom is 0.262 e. The van der Waals surface area contributed by atoms with Crippen LogP contribution in [0.2, 0.25) is 0 Å². The first kappa shape index (κ1) is 11.2. The zero-order chi connectivity index (χ0) is 11.4. The van der Waals surface area contributed by atoms with E-state index in [2.05, 4.69) is 15.3 Å². The van der Waals surface area contributed by atoms with Gasteiger partial charge in [0, 0.05) is 12.7 Å². The van der Waals surface area contributed by atoms with Crippen molar-refractivity contribution in [1.82, 2.24) is 15.3 Å². The molecule has 84 valence electrons. The number of nitrogens with zero attached hydrogens (tertiary/aromatic N) is 2. The minimum atomic E-state index is 0.631. The summed E-state index contributed by atoms with van der Waals surface area (Å²) < 4.78 is 5.25. The molecular formula is C11H13N3OS. The zero-order valence-corrected chi connectivity index (χ0v) is 10.0. The second kappa shape index (κ2) is 5.14. The van der Waals surface area contributed by atoms with Crippen molar-refractivity contribution in [3.8, 4) is 0 Å². The van der Waals surface area contributed by atoms with Gasteiger partial charge in [0.2, 0.25) is 0 Å². The predicted octanol–water partition coefficient (Wildman–Crippen LogP) is 2.25. The summed E-state index contributed by atoms with van der Waals surface area (Å²) in [5, 5.41) is 4.60. The summed E-state index contributed by atoms with van der Waals surface area (Å²) in [6, 6.07) is 4.01. The third kappa shape index (κ3) is 2.84. The lowest BCUT2D eigenvalue weighted by Crippen LogP contribution is -2.04. The topological polar surface area (TPSA) is 51.0 Å². The van der Waals surface area contributed by atoms with Crippen LogP contribution in [0.4, 0.5) is 0 Å². The molecule has 0 amide bonds. The van der Waals surface area contributed by atoms with E-state index in [4.69, 9.17) is 4.42 Å². The minimum Gasteiger partial charge on any atom is -0.439 e. The Morgan fingerprint density at radius 1 is 1.44 bits per heavy atom. The summed E-state index contributed by atoms with van der Waals surface area (Å²) >= 11 is 1.43. The maximum atomic E-state index is 5.25. The van der Waals surface area contributed by atoms with E-state index >= 15 is 0 Å². The van der Waals surface area contributed by atoms with Gasteiger partial charge in [0.05, 0.1) is 5.69 Å². The van der Waals surface area contributed by atoms with Crippen molar-refractivity contribution in [2.75, 3.05) is 7.05 Å². The smallest absolute Gasteiger partial charge is 0.262 e. The van der Waals surface area contributed by atoms with Crippen LogP contribution in [0.3, 0.4) is 0 Å². The molecule has 2 heterocycles. The summed E-state index contributed by atoms with van der Waals surface area (Å²) in [5.41, 5.74) is 2.05. The molecule has 0 atom stereocenters. The van der Waals surface area contributed by atoms with Crippen LogP contribution in [0, 0.1) is 6.92 Å². The maximum absolute atomic E-state index is 5.25. The Labute approximate surface area is 98.5 Å². The van der Waals surface area contributed by atoms with Crippen LogP contribution in [0.15, 0.2) is 39.3 Å². The number of hydrogen-bond donors (Lipinski definition) is 1. The van der Waals surface area contributed by atoms with Gasteiger partial charge in [-0.1, -0.05) is 6.07 Å². The standard InChI is InChI=1S/C11H13N3OS/c1-8-7-15-11(14-8)16-10-4-3-9(5-12-2)6-13-10/h3-4,6-7,12H,5H2,1-2H3. The van der Waals surface area contributed by atoms with Gasteiger partial charge in [-0.15, -0.1) is 0 Å². The Hall–Kier alpha value is -1.33. The van der Waals surface area contributed by atoms with E-state index in [1.165, 1.54) is 11.8 Å². The van der Waals surface area contributed by atoms with Gasteiger partial charge in [0.1, 0.15) is 11.3 Å². The summed E-state index contributed by atoms with van der Waals surface area (Å²) in [5.74, 6) is 0. The predicted molar refractivity (Wildman–Crippen MR) is 62.4 cm³/mol. The molecule has 0 aromatic carbocycles. The van der Waals surface area contributed by atoms with Crippen molar-refractivity contribution in [3.63, 3.8) is 0 Å². The van der Waals surface area contributed by atoms with E-state index in [9.17, 15) is 0 Å². The van der Waals surface area contributed by atoms with Crippen LogP contribution in [0.1, 0.15) is 11.3 Å². The van der Waals surface area contributed by atoms with E-state index in [0.717, 1.165) is 22.8 Å². The van der Waals surface area contributed by atoms with E-state index < -0.39 is 0 Å². The minimum absolute atomic E-state index is 0.631. The second-order valence-electron chi connectivity index (χ2n) is 3.39. The molecule has 0 saturated carbocycles. The van der Waals surface area contributed by atoms with Gasteiger partial charge in [0.15, 0.2) is 0 Å². The SMILES string of the molecule is CNCc1ccc(Sc2nc(C)co2)nc1. The van der Waals surface area contributed by atoms with E-state index in [0.29, 0.717) is 5.22 Å². The molecule has 0 saturated heterocycles. The Morgan fingerprint density at radius 2 is 2.31 bits per heavy atom. The quantitative estimate of drug-likeness (QED) is 0.880. The van der Waals surface area contributed by atoms with Crippen molar-refractivity contribution in [1.29, 1.82) is 0 Å². The zero-order valence-electron chi connectivity index (χ0n) is 9.23. The molecule has 0 fully saturated rings. The third-order valence-corrected chi connectivity index (χ3v) is 2.78. The molecule has 4 nitrogen and oxygen atoms in total. The van der Waals surface area contributed by atoms with Crippen molar-refractivity contribution >= 4 is 11.8 Å². The van der Waals surface area contributed by atoms with Gasteiger partial charge < -0.3 is 9.73 Å². The van der Waals surface area contributed by atoms with Crippen LogP contribution >= 0.6 is 11.8 Å². The summed E-state index contributed by atoms with van der Waals surface area (Å²) in [6.45, 7) is 2.73. The van der Waals surface area contributed by atoms with Crippen molar-refractivity contribution in [3.05, 3.63) is 35.9 Å². The molecule has 0 unspecified atom stereocenters. The lowest BCUT2D eigenvalue weighted by atomic mass is 10.3. The van der Waals surface area contributed by atoms with Gasteiger partial charge in [-0.2, -0.15) is 0 Å². The number of pyridine rings is 1. The molecule has 16 heavy (non-hydrogen) atoms. The second-order valence-corrected chi connectivity index (χ2v) is 4.36. The molecule has 0 radical (unpaired) electrons. The van der Waals surface area contributed by atoms with E-state index in [-0.39, 0.29) is 0 Å². The average molecular weight is 235 g/mol. The number of aryl methyl sites for hydroxylation is 1.